The van der Waals surface area contributed by atoms with Crippen molar-refractivity contribution in [3.8, 4) is 0 Å². The predicted molar refractivity (Wildman–Crippen MR) is 75.4 cm³/mol. The Balaban J connectivity index is 2.08. The number of carbonyl (C=O) groups is 1. The molecule has 0 unspecified atom stereocenters. The van der Waals surface area contributed by atoms with Gasteiger partial charge in [-0.2, -0.15) is 0 Å². The molecule has 0 aliphatic heterocycles. The van der Waals surface area contributed by atoms with Crippen molar-refractivity contribution >= 4 is 21.7 Å². The van der Waals surface area contributed by atoms with Crippen LogP contribution in [-0.2, 0) is 11.2 Å². The number of Topliss-reactive ketones (excluding diaryl/α,β-unsaturated/α-hetero) is 1. The molecule has 19 heavy (non-hydrogen) atoms. The minimum atomic E-state index is -1.26. The fourth-order valence-electron chi connectivity index (χ4n) is 2.52. The largest absolute Gasteiger partial charge is 0.382 e. The number of ketones is 1. The van der Waals surface area contributed by atoms with Crippen LogP contribution < -0.4 is 0 Å². The molecule has 4 heteroatoms. The minimum Gasteiger partial charge on any atom is -0.382 e. The molecule has 0 radical (unpaired) electrons. The SMILES string of the molecule is CC1CCC(O)(C(=O)Cc2ccc(Br)cc2F)CC1. The molecule has 2 rings (SSSR count). The Hall–Kier alpha value is -0.740. The zero-order chi connectivity index (χ0) is 14.0. The van der Waals surface area contributed by atoms with Crippen molar-refractivity contribution in [2.24, 2.45) is 5.92 Å². The molecular formula is C15H18BrFO2. The topological polar surface area (TPSA) is 37.3 Å². The van der Waals surface area contributed by atoms with Gasteiger partial charge in [0.2, 0.25) is 0 Å². The lowest BCUT2D eigenvalue weighted by atomic mass is 9.76. The molecule has 1 fully saturated rings. The number of carbonyl (C=O) groups excluding carboxylic acids is 1. The number of rotatable bonds is 3. The zero-order valence-electron chi connectivity index (χ0n) is 11.0. The molecular weight excluding hydrogens is 311 g/mol. The van der Waals surface area contributed by atoms with Crippen molar-refractivity contribution in [1.82, 2.24) is 0 Å². The van der Waals surface area contributed by atoms with Gasteiger partial charge >= 0.3 is 0 Å². The van der Waals surface area contributed by atoms with Crippen LogP contribution in [0, 0.1) is 11.7 Å². The monoisotopic (exact) mass is 328 g/mol. The normalized spacial score (nSPS) is 27.3. The van der Waals surface area contributed by atoms with E-state index in [-0.39, 0.29) is 12.2 Å². The third-order valence-corrected chi connectivity index (χ3v) is 4.48. The van der Waals surface area contributed by atoms with Crippen LogP contribution in [-0.4, -0.2) is 16.5 Å². The van der Waals surface area contributed by atoms with Gasteiger partial charge in [0.25, 0.3) is 0 Å². The first-order valence-corrected chi connectivity index (χ1v) is 7.39. The first kappa shape index (κ1) is 14.7. The molecule has 2 nitrogen and oxygen atoms in total. The fraction of sp³-hybridized carbons (Fsp3) is 0.533. The van der Waals surface area contributed by atoms with Crippen LogP contribution in [0.4, 0.5) is 4.39 Å². The molecule has 1 N–H and O–H groups in total. The number of hydrogen-bond acceptors (Lipinski definition) is 2. The summed E-state index contributed by atoms with van der Waals surface area (Å²) >= 11 is 3.18. The molecule has 104 valence electrons. The molecule has 1 aromatic rings. The van der Waals surface area contributed by atoms with Crippen LogP contribution in [0.15, 0.2) is 22.7 Å². The van der Waals surface area contributed by atoms with Crippen LogP contribution in [0.2, 0.25) is 0 Å². The molecule has 0 atom stereocenters. The summed E-state index contributed by atoms with van der Waals surface area (Å²) in [5.74, 6) is -0.117. The summed E-state index contributed by atoms with van der Waals surface area (Å²) in [5.41, 5.74) is -0.910. The van der Waals surface area contributed by atoms with Gasteiger partial charge in [0.1, 0.15) is 11.4 Å². The van der Waals surface area contributed by atoms with Crippen LogP contribution in [0.5, 0.6) is 0 Å². The van der Waals surface area contributed by atoms with E-state index in [4.69, 9.17) is 0 Å². The second kappa shape index (κ2) is 5.71. The summed E-state index contributed by atoms with van der Waals surface area (Å²) in [7, 11) is 0. The van der Waals surface area contributed by atoms with E-state index >= 15 is 0 Å². The lowest BCUT2D eigenvalue weighted by molar-refractivity contribution is -0.140. The first-order chi connectivity index (χ1) is 8.90. The third-order valence-electron chi connectivity index (χ3n) is 3.99. The van der Waals surface area contributed by atoms with E-state index in [9.17, 15) is 14.3 Å². The Morgan fingerprint density at radius 2 is 2.11 bits per heavy atom. The average Bonchev–Trinajstić information content (AvgIpc) is 2.36. The molecule has 0 heterocycles. The molecule has 1 saturated carbocycles. The van der Waals surface area contributed by atoms with E-state index in [1.165, 1.54) is 6.07 Å². The Morgan fingerprint density at radius 1 is 1.47 bits per heavy atom. The zero-order valence-corrected chi connectivity index (χ0v) is 12.5. The highest BCUT2D eigenvalue weighted by Gasteiger charge is 2.38. The van der Waals surface area contributed by atoms with Crippen molar-refractivity contribution in [2.45, 2.75) is 44.6 Å². The maximum absolute atomic E-state index is 13.7. The third kappa shape index (κ3) is 3.42. The van der Waals surface area contributed by atoms with Crippen molar-refractivity contribution < 1.29 is 14.3 Å². The highest BCUT2D eigenvalue weighted by molar-refractivity contribution is 9.10. The molecule has 1 aromatic carbocycles. The summed E-state index contributed by atoms with van der Waals surface area (Å²) < 4.78 is 14.3. The molecule has 0 amide bonds. The lowest BCUT2D eigenvalue weighted by Crippen LogP contribution is -2.42. The van der Waals surface area contributed by atoms with Crippen molar-refractivity contribution in [1.29, 1.82) is 0 Å². The van der Waals surface area contributed by atoms with Gasteiger partial charge in [0.05, 0.1) is 0 Å². The van der Waals surface area contributed by atoms with Gasteiger partial charge in [0, 0.05) is 10.9 Å². The molecule has 0 spiro atoms. The number of halogens is 2. The summed E-state index contributed by atoms with van der Waals surface area (Å²) in [6.45, 7) is 2.12. The van der Waals surface area contributed by atoms with Gasteiger partial charge < -0.3 is 5.11 Å². The van der Waals surface area contributed by atoms with Crippen LogP contribution in [0.3, 0.4) is 0 Å². The quantitative estimate of drug-likeness (QED) is 0.919. The Morgan fingerprint density at radius 3 is 2.68 bits per heavy atom. The number of hydrogen-bond donors (Lipinski definition) is 1. The van der Waals surface area contributed by atoms with Gasteiger partial charge in [-0.05, 0) is 49.3 Å². The standard InChI is InChI=1S/C15H18BrFO2/c1-10-4-6-15(19,7-5-10)14(18)8-11-2-3-12(16)9-13(11)17/h2-3,9-10,19H,4-8H2,1H3. The van der Waals surface area contributed by atoms with E-state index in [1.54, 1.807) is 12.1 Å². The van der Waals surface area contributed by atoms with Gasteiger partial charge in [-0.25, -0.2) is 4.39 Å². The van der Waals surface area contributed by atoms with E-state index in [1.807, 2.05) is 0 Å². The van der Waals surface area contributed by atoms with E-state index in [0.717, 1.165) is 12.8 Å². The van der Waals surface area contributed by atoms with Gasteiger partial charge in [-0.15, -0.1) is 0 Å². The summed E-state index contributed by atoms with van der Waals surface area (Å²) in [4.78, 5) is 12.2. The number of aliphatic hydroxyl groups is 1. The van der Waals surface area contributed by atoms with Crippen molar-refractivity contribution in [2.75, 3.05) is 0 Å². The first-order valence-electron chi connectivity index (χ1n) is 6.60. The molecule has 1 aliphatic carbocycles. The average molecular weight is 329 g/mol. The van der Waals surface area contributed by atoms with Crippen LogP contribution in [0.1, 0.15) is 38.2 Å². The molecule has 0 saturated heterocycles. The van der Waals surface area contributed by atoms with Crippen LogP contribution >= 0.6 is 15.9 Å². The fourth-order valence-corrected chi connectivity index (χ4v) is 2.85. The van der Waals surface area contributed by atoms with Crippen molar-refractivity contribution in [3.05, 3.63) is 34.1 Å². The number of benzene rings is 1. The molecule has 1 aliphatic rings. The Labute approximate surface area is 121 Å². The van der Waals surface area contributed by atoms with E-state index in [2.05, 4.69) is 22.9 Å². The van der Waals surface area contributed by atoms with Gasteiger partial charge in [-0.1, -0.05) is 28.9 Å². The van der Waals surface area contributed by atoms with Gasteiger partial charge in [0.15, 0.2) is 5.78 Å². The van der Waals surface area contributed by atoms with E-state index < -0.39 is 11.4 Å². The van der Waals surface area contributed by atoms with Crippen LogP contribution in [0.25, 0.3) is 0 Å². The summed E-state index contributed by atoms with van der Waals surface area (Å²) in [5, 5.41) is 10.4. The van der Waals surface area contributed by atoms with E-state index in [0.29, 0.717) is 28.8 Å². The molecule has 0 bridgehead atoms. The maximum atomic E-state index is 13.7. The molecule has 0 aromatic heterocycles. The smallest absolute Gasteiger partial charge is 0.168 e. The summed E-state index contributed by atoms with van der Waals surface area (Å²) in [6, 6.07) is 4.64. The second-order valence-electron chi connectivity index (χ2n) is 5.55. The summed E-state index contributed by atoms with van der Waals surface area (Å²) in [6.07, 6.45) is 2.65. The Kier molecular flexibility index (Phi) is 4.41. The highest BCUT2D eigenvalue weighted by atomic mass is 79.9. The predicted octanol–water partition coefficient (Wildman–Crippen LogP) is 3.64. The second-order valence-corrected chi connectivity index (χ2v) is 6.47. The lowest BCUT2D eigenvalue weighted by Gasteiger charge is -2.33. The maximum Gasteiger partial charge on any atom is 0.168 e. The van der Waals surface area contributed by atoms with Gasteiger partial charge in [-0.3, -0.25) is 4.79 Å². The minimum absolute atomic E-state index is 0.0377. The van der Waals surface area contributed by atoms with Crippen molar-refractivity contribution in [3.63, 3.8) is 0 Å². The Bertz CT molecular complexity index is 479. The highest BCUT2D eigenvalue weighted by Crippen LogP contribution is 2.33.